The fraction of sp³-hybridized carbons (Fsp3) is 0. The van der Waals surface area contributed by atoms with Crippen LogP contribution in [0.5, 0.6) is 0 Å². The van der Waals surface area contributed by atoms with Gasteiger partial charge >= 0.3 is 0 Å². The van der Waals surface area contributed by atoms with E-state index in [-0.39, 0.29) is 0 Å². The number of hydrogen-bond donors (Lipinski definition) is 0. The summed E-state index contributed by atoms with van der Waals surface area (Å²) in [5.41, 5.74) is 9.39. The molecule has 0 amide bonds. The van der Waals surface area contributed by atoms with Gasteiger partial charge < -0.3 is 9.47 Å². The summed E-state index contributed by atoms with van der Waals surface area (Å²) in [4.78, 5) is 2.43. The van der Waals surface area contributed by atoms with Gasteiger partial charge in [-0.2, -0.15) is 0 Å². The molecule has 0 N–H and O–H groups in total. The Kier molecular flexibility index (Phi) is 7.51. The molecule has 0 atom stereocenters. The molecule has 0 spiro atoms. The third-order valence-electron chi connectivity index (χ3n) is 12.7. The molecular formula is C58H36N2S. The van der Waals surface area contributed by atoms with Gasteiger partial charge in [-0.25, -0.2) is 0 Å². The summed E-state index contributed by atoms with van der Waals surface area (Å²) in [6.45, 7) is 0. The standard InChI is InChI=1S/C58H36N2S/c1-2-12-45-37(11-1)21-23-40-24-22-39-27-30-42(35-51(39)58(40)45)59(43-31-34-57-52(36-43)50-17-7-10-20-56(50)61-57)41-28-25-38(26-29-41)44-32-33-55(47-14-4-3-13-46(44)47)60-53-18-8-5-15-48(53)49-16-6-9-19-54(49)60/h1-36H. The highest BCUT2D eigenvalue weighted by Crippen LogP contribution is 2.44. The molecule has 0 unspecified atom stereocenters. The van der Waals surface area contributed by atoms with Crippen molar-refractivity contribution in [1.29, 1.82) is 0 Å². The summed E-state index contributed by atoms with van der Waals surface area (Å²) in [5, 5.41) is 15.1. The third kappa shape index (κ3) is 5.28. The third-order valence-corrected chi connectivity index (χ3v) is 13.9. The molecule has 284 valence electrons. The van der Waals surface area contributed by atoms with Crippen LogP contribution in [0.3, 0.4) is 0 Å². The minimum Gasteiger partial charge on any atom is -0.310 e. The Hall–Kier alpha value is -7.72. The highest BCUT2D eigenvalue weighted by Gasteiger charge is 2.19. The second-order valence-electron chi connectivity index (χ2n) is 16.1. The molecule has 0 aliphatic heterocycles. The molecule has 11 aromatic carbocycles. The second kappa shape index (κ2) is 13.4. The molecule has 13 rings (SSSR count). The van der Waals surface area contributed by atoms with Crippen molar-refractivity contribution < 1.29 is 0 Å². The van der Waals surface area contributed by atoms with E-state index in [4.69, 9.17) is 0 Å². The van der Waals surface area contributed by atoms with E-state index in [9.17, 15) is 0 Å². The van der Waals surface area contributed by atoms with Crippen molar-refractivity contribution in [1.82, 2.24) is 4.57 Å². The van der Waals surface area contributed by atoms with Crippen LogP contribution in [-0.4, -0.2) is 4.57 Å². The average molecular weight is 793 g/mol. The lowest BCUT2D eigenvalue weighted by atomic mass is 9.95. The van der Waals surface area contributed by atoms with Crippen LogP contribution in [0.2, 0.25) is 0 Å². The molecule has 61 heavy (non-hydrogen) atoms. The largest absolute Gasteiger partial charge is 0.310 e. The van der Waals surface area contributed by atoms with E-state index < -0.39 is 0 Å². The number of fused-ring (bicyclic) bond motifs is 12. The molecular weight excluding hydrogens is 757 g/mol. The van der Waals surface area contributed by atoms with E-state index in [1.807, 2.05) is 11.3 Å². The van der Waals surface area contributed by atoms with E-state index in [0.29, 0.717) is 0 Å². The van der Waals surface area contributed by atoms with Gasteiger partial charge in [-0.3, -0.25) is 0 Å². The van der Waals surface area contributed by atoms with Crippen LogP contribution in [0.4, 0.5) is 17.1 Å². The summed E-state index contributed by atoms with van der Waals surface area (Å²) in [6, 6.07) is 80.6. The van der Waals surface area contributed by atoms with Gasteiger partial charge in [0.05, 0.1) is 16.7 Å². The molecule has 0 radical (unpaired) electrons. The second-order valence-corrected chi connectivity index (χ2v) is 17.1. The Morgan fingerprint density at radius 1 is 0.328 bits per heavy atom. The summed E-state index contributed by atoms with van der Waals surface area (Å²) in [7, 11) is 0. The van der Waals surface area contributed by atoms with E-state index >= 15 is 0 Å². The number of benzene rings is 11. The van der Waals surface area contributed by atoms with Gasteiger partial charge in [0.15, 0.2) is 0 Å². The highest BCUT2D eigenvalue weighted by atomic mass is 32.1. The van der Waals surface area contributed by atoms with Gasteiger partial charge in [-0.15, -0.1) is 11.3 Å². The monoisotopic (exact) mass is 792 g/mol. The molecule has 0 bridgehead atoms. The van der Waals surface area contributed by atoms with Gasteiger partial charge in [-0.05, 0) is 116 Å². The molecule has 2 nitrogen and oxygen atoms in total. The molecule has 3 heteroatoms. The van der Waals surface area contributed by atoms with Gasteiger partial charge in [0.2, 0.25) is 0 Å². The van der Waals surface area contributed by atoms with Gasteiger partial charge in [0.25, 0.3) is 0 Å². The molecule has 0 fully saturated rings. The maximum Gasteiger partial charge on any atom is 0.0541 e. The lowest BCUT2D eigenvalue weighted by Gasteiger charge is -2.26. The normalized spacial score (nSPS) is 11.9. The number of para-hydroxylation sites is 2. The molecule has 0 saturated carbocycles. The molecule has 0 saturated heterocycles. The Labute approximate surface area is 356 Å². The van der Waals surface area contributed by atoms with E-state index in [2.05, 4.69) is 228 Å². The minimum atomic E-state index is 1.11. The first-order chi connectivity index (χ1) is 30.2. The maximum absolute atomic E-state index is 2.43. The lowest BCUT2D eigenvalue weighted by Crippen LogP contribution is -2.09. The number of anilines is 3. The van der Waals surface area contributed by atoms with E-state index in [0.717, 1.165) is 17.1 Å². The first-order valence-electron chi connectivity index (χ1n) is 20.9. The van der Waals surface area contributed by atoms with Crippen molar-refractivity contribution in [3.8, 4) is 16.8 Å². The number of rotatable bonds is 5. The number of aromatic nitrogens is 1. The van der Waals surface area contributed by atoms with Crippen molar-refractivity contribution in [2.75, 3.05) is 4.90 Å². The fourth-order valence-electron chi connectivity index (χ4n) is 9.96. The molecule has 2 heterocycles. The van der Waals surface area contributed by atoms with Crippen molar-refractivity contribution in [3.05, 3.63) is 218 Å². The Balaban J connectivity index is 0.986. The quantitative estimate of drug-likeness (QED) is 0.158. The minimum absolute atomic E-state index is 1.11. The topological polar surface area (TPSA) is 8.17 Å². The van der Waals surface area contributed by atoms with Crippen LogP contribution in [-0.2, 0) is 0 Å². The van der Waals surface area contributed by atoms with Crippen molar-refractivity contribution >= 4 is 113 Å². The molecule has 0 aliphatic carbocycles. The smallest absolute Gasteiger partial charge is 0.0541 e. The SMILES string of the molecule is c1ccc2c(c1)ccc1ccc3ccc(N(c4ccc(-c5ccc(-n6c7ccccc7c7ccccc76)c6ccccc56)cc4)c4ccc5sc6ccccc6c5c4)cc3c12. The Morgan fingerprint density at radius 2 is 0.852 bits per heavy atom. The Morgan fingerprint density at radius 3 is 1.61 bits per heavy atom. The first kappa shape index (κ1) is 34.2. The van der Waals surface area contributed by atoms with Crippen LogP contribution in [0.1, 0.15) is 0 Å². The van der Waals surface area contributed by atoms with Gasteiger partial charge in [0.1, 0.15) is 0 Å². The van der Waals surface area contributed by atoms with Crippen molar-refractivity contribution in [2.24, 2.45) is 0 Å². The van der Waals surface area contributed by atoms with Crippen molar-refractivity contribution in [3.63, 3.8) is 0 Å². The maximum atomic E-state index is 2.43. The number of thiophene rings is 1. The Bertz CT molecular complexity index is 3830. The summed E-state index contributed by atoms with van der Waals surface area (Å²) >= 11 is 1.86. The van der Waals surface area contributed by atoms with Crippen LogP contribution in [0.25, 0.3) is 102 Å². The predicted octanol–water partition coefficient (Wildman–Crippen LogP) is 16.9. The predicted molar refractivity (Wildman–Crippen MR) is 264 cm³/mol. The van der Waals surface area contributed by atoms with Crippen molar-refractivity contribution in [2.45, 2.75) is 0 Å². The lowest BCUT2D eigenvalue weighted by molar-refractivity contribution is 1.20. The number of nitrogens with zero attached hydrogens (tertiary/aromatic N) is 2. The van der Waals surface area contributed by atoms with E-state index in [1.165, 1.54) is 102 Å². The van der Waals surface area contributed by atoms with Gasteiger partial charge in [-0.1, -0.05) is 152 Å². The first-order valence-corrected chi connectivity index (χ1v) is 21.7. The van der Waals surface area contributed by atoms with E-state index in [1.54, 1.807) is 0 Å². The fourth-order valence-corrected chi connectivity index (χ4v) is 11.0. The molecule has 2 aromatic heterocycles. The highest BCUT2D eigenvalue weighted by molar-refractivity contribution is 7.25. The van der Waals surface area contributed by atoms with Crippen LogP contribution >= 0.6 is 11.3 Å². The zero-order valence-electron chi connectivity index (χ0n) is 33.1. The van der Waals surface area contributed by atoms with Crippen LogP contribution in [0, 0.1) is 0 Å². The number of hydrogen-bond acceptors (Lipinski definition) is 2. The van der Waals surface area contributed by atoms with Crippen LogP contribution < -0.4 is 4.90 Å². The van der Waals surface area contributed by atoms with Crippen LogP contribution in [0.15, 0.2) is 218 Å². The average Bonchev–Trinajstić information content (AvgIpc) is 3.87. The summed E-state index contributed by atoms with van der Waals surface area (Å²) in [6.07, 6.45) is 0. The zero-order valence-corrected chi connectivity index (χ0v) is 33.9. The molecule has 13 aromatic rings. The zero-order chi connectivity index (χ0) is 40.0. The summed E-state index contributed by atoms with van der Waals surface area (Å²) in [5.74, 6) is 0. The summed E-state index contributed by atoms with van der Waals surface area (Å²) < 4.78 is 5.04. The van der Waals surface area contributed by atoms with Gasteiger partial charge in [0, 0.05) is 53.4 Å². The molecule has 0 aliphatic rings.